The summed E-state index contributed by atoms with van der Waals surface area (Å²) in [4.78, 5) is 3.01. The first-order valence-electron chi connectivity index (χ1n) is 7.02. The van der Waals surface area contributed by atoms with Crippen molar-refractivity contribution in [2.75, 3.05) is 7.05 Å². The Morgan fingerprint density at radius 3 is 2.50 bits per heavy atom. The number of aliphatic hydroxyl groups excluding tert-OH is 1. The topological polar surface area (TPSA) is 73.4 Å². The maximum absolute atomic E-state index is 12.5. The van der Waals surface area contributed by atoms with Crippen LogP contribution >= 0.6 is 0 Å². The number of aromatic nitrogens is 1. The summed E-state index contributed by atoms with van der Waals surface area (Å²) < 4.78 is 26.6. The molecule has 0 atom stereocenters. The van der Waals surface area contributed by atoms with Gasteiger partial charge >= 0.3 is 0 Å². The molecule has 5 nitrogen and oxygen atoms in total. The second-order valence-corrected chi connectivity index (χ2v) is 8.43. The van der Waals surface area contributed by atoms with Gasteiger partial charge in [-0.1, -0.05) is 13.8 Å². The van der Waals surface area contributed by atoms with Crippen LogP contribution < -0.4 is 0 Å². The number of nitrogens with zero attached hydrogens (tertiary/aromatic N) is 1. The Bertz CT molecular complexity index is 553. The van der Waals surface area contributed by atoms with E-state index in [9.17, 15) is 8.42 Å². The summed E-state index contributed by atoms with van der Waals surface area (Å²) >= 11 is 0. The van der Waals surface area contributed by atoms with Crippen LogP contribution in [0, 0.1) is 5.41 Å². The lowest BCUT2D eigenvalue weighted by Gasteiger charge is -2.37. The van der Waals surface area contributed by atoms with Gasteiger partial charge in [0.2, 0.25) is 10.0 Å². The average molecular weight is 300 g/mol. The monoisotopic (exact) mass is 300 g/mol. The SMILES string of the molecule is CN(C1CCC(C)(C)CC1)S(=O)(=O)c1c[nH]c(CO)c1. The molecular formula is C14H24N2O3S. The molecule has 0 aromatic carbocycles. The molecular weight excluding hydrogens is 276 g/mol. The van der Waals surface area contributed by atoms with Gasteiger partial charge in [-0.25, -0.2) is 8.42 Å². The number of hydrogen-bond donors (Lipinski definition) is 2. The summed E-state index contributed by atoms with van der Waals surface area (Å²) in [5, 5.41) is 9.02. The summed E-state index contributed by atoms with van der Waals surface area (Å²) in [7, 11) is -1.82. The zero-order valence-electron chi connectivity index (χ0n) is 12.4. The quantitative estimate of drug-likeness (QED) is 0.894. The van der Waals surface area contributed by atoms with E-state index in [1.807, 2.05) is 0 Å². The molecule has 1 heterocycles. The van der Waals surface area contributed by atoms with Crippen molar-refractivity contribution in [3.8, 4) is 0 Å². The minimum absolute atomic E-state index is 0.0699. The van der Waals surface area contributed by atoms with Gasteiger partial charge in [0.15, 0.2) is 0 Å². The van der Waals surface area contributed by atoms with Gasteiger partial charge in [0.05, 0.1) is 11.5 Å². The average Bonchev–Trinajstić information content (AvgIpc) is 2.87. The molecule has 1 saturated carbocycles. The van der Waals surface area contributed by atoms with Crippen molar-refractivity contribution >= 4 is 10.0 Å². The minimum atomic E-state index is -3.47. The molecule has 1 aromatic heterocycles. The fourth-order valence-electron chi connectivity index (χ4n) is 2.77. The van der Waals surface area contributed by atoms with E-state index >= 15 is 0 Å². The number of hydrogen-bond acceptors (Lipinski definition) is 3. The van der Waals surface area contributed by atoms with Crippen LogP contribution in [0.25, 0.3) is 0 Å². The number of aliphatic hydroxyl groups is 1. The molecule has 1 aromatic rings. The van der Waals surface area contributed by atoms with E-state index < -0.39 is 10.0 Å². The van der Waals surface area contributed by atoms with Gasteiger partial charge in [-0.2, -0.15) is 4.31 Å². The van der Waals surface area contributed by atoms with E-state index in [1.54, 1.807) is 7.05 Å². The lowest BCUT2D eigenvalue weighted by Crippen LogP contribution is -2.40. The van der Waals surface area contributed by atoms with Gasteiger partial charge in [-0.3, -0.25) is 0 Å². The van der Waals surface area contributed by atoms with Gasteiger partial charge in [-0.15, -0.1) is 0 Å². The van der Waals surface area contributed by atoms with Crippen molar-refractivity contribution in [3.63, 3.8) is 0 Å². The fraction of sp³-hybridized carbons (Fsp3) is 0.714. The number of sulfonamides is 1. The van der Waals surface area contributed by atoms with Crippen molar-refractivity contribution < 1.29 is 13.5 Å². The third-order valence-corrected chi connectivity index (χ3v) is 6.27. The van der Waals surface area contributed by atoms with Crippen LogP contribution in [0.1, 0.15) is 45.2 Å². The van der Waals surface area contributed by atoms with E-state index in [-0.39, 0.29) is 17.5 Å². The van der Waals surface area contributed by atoms with E-state index in [1.165, 1.54) is 16.6 Å². The van der Waals surface area contributed by atoms with Gasteiger partial charge in [0.1, 0.15) is 0 Å². The first-order valence-corrected chi connectivity index (χ1v) is 8.46. The van der Waals surface area contributed by atoms with Crippen LogP contribution in [-0.4, -0.2) is 35.9 Å². The van der Waals surface area contributed by atoms with Crippen LogP contribution in [0.2, 0.25) is 0 Å². The lowest BCUT2D eigenvalue weighted by atomic mass is 9.76. The van der Waals surface area contributed by atoms with E-state index in [2.05, 4.69) is 18.8 Å². The van der Waals surface area contributed by atoms with E-state index in [0.717, 1.165) is 25.7 Å². The van der Waals surface area contributed by atoms with Crippen LogP contribution in [0.5, 0.6) is 0 Å². The van der Waals surface area contributed by atoms with Crippen molar-refractivity contribution in [3.05, 3.63) is 18.0 Å². The number of aromatic amines is 1. The van der Waals surface area contributed by atoms with Crippen molar-refractivity contribution in [2.24, 2.45) is 5.41 Å². The van der Waals surface area contributed by atoms with Gasteiger partial charge in [0, 0.05) is 25.0 Å². The summed E-state index contributed by atoms with van der Waals surface area (Å²) in [6.07, 6.45) is 5.35. The van der Waals surface area contributed by atoms with Crippen molar-refractivity contribution in [1.82, 2.24) is 9.29 Å². The molecule has 0 radical (unpaired) electrons. The molecule has 0 unspecified atom stereocenters. The molecule has 0 spiro atoms. The largest absolute Gasteiger partial charge is 0.390 e. The number of nitrogens with one attached hydrogen (secondary N) is 1. The van der Waals surface area contributed by atoms with Crippen molar-refractivity contribution in [2.45, 2.75) is 57.1 Å². The summed E-state index contributed by atoms with van der Waals surface area (Å²) in [6, 6.07) is 1.57. The highest BCUT2D eigenvalue weighted by Gasteiger charge is 2.34. The molecule has 2 rings (SSSR count). The van der Waals surface area contributed by atoms with Crippen LogP contribution in [0.3, 0.4) is 0 Å². The molecule has 2 N–H and O–H groups in total. The summed E-state index contributed by atoms with van der Waals surface area (Å²) in [5.41, 5.74) is 0.834. The molecule has 0 saturated heterocycles. The van der Waals surface area contributed by atoms with Crippen LogP contribution in [0.15, 0.2) is 17.2 Å². The van der Waals surface area contributed by atoms with Crippen LogP contribution in [-0.2, 0) is 16.6 Å². The molecule has 1 aliphatic carbocycles. The third-order valence-electron chi connectivity index (χ3n) is 4.39. The Kier molecular flexibility index (Phi) is 4.27. The van der Waals surface area contributed by atoms with E-state index in [4.69, 9.17) is 5.11 Å². The highest BCUT2D eigenvalue weighted by atomic mass is 32.2. The fourth-order valence-corrected chi connectivity index (χ4v) is 4.20. The maximum atomic E-state index is 12.5. The molecule has 0 amide bonds. The van der Waals surface area contributed by atoms with Gasteiger partial charge in [0.25, 0.3) is 0 Å². The van der Waals surface area contributed by atoms with Gasteiger partial charge in [-0.05, 0) is 37.2 Å². The molecule has 6 heteroatoms. The normalized spacial score (nSPS) is 20.4. The smallest absolute Gasteiger partial charge is 0.244 e. The first kappa shape index (κ1) is 15.5. The van der Waals surface area contributed by atoms with Crippen LogP contribution in [0.4, 0.5) is 0 Å². The van der Waals surface area contributed by atoms with E-state index in [0.29, 0.717) is 11.1 Å². The van der Waals surface area contributed by atoms with Crippen molar-refractivity contribution in [1.29, 1.82) is 0 Å². The Morgan fingerprint density at radius 1 is 1.40 bits per heavy atom. The Morgan fingerprint density at radius 2 is 2.00 bits per heavy atom. The zero-order valence-corrected chi connectivity index (χ0v) is 13.2. The minimum Gasteiger partial charge on any atom is -0.390 e. The molecule has 0 bridgehead atoms. The summed E-state index contributed by atoms with van der Waals surface area (Å²) in [5.74, 6) is 0. The predicted octanol–water partition coefficient (Wildman–Crippen LogP) is 2.10. The third kappa shape index (κ3) is 3.07. The molecule has 1 aliphatic rings. The maximum Gasteiger partial charge on any atom is 0.244 e. The second kappa shape index (κ2) is 5.50. The lowest BCUT2D eigenvalue weighted by molar-refractivity contribution is 0.174. The number of rotatable bonds is 4. The number of H-pyrrole nitrogens is 1. The standard InChI is InChI=1S/C14H24N2O3S/c1-14(2)6-4-12(5-7-14)16(3)20(18,19)13-8-11(10-17)15-9-13/h8-9,12,15,17H,4-7,10H2,1-3H3. The highest BCUT2D eigenvalue weighted by molar-refractivity contribution is 7.89. The second-order valence-electron chi connectivity index (χ2n) is 6.44. The first-order chi connectivity index (χ1) is 9.26. The highest BCUT2D eigenvalue weighted by Crippen LogP contribution is 2.37. The van der Waals surface area contributed by atoms with Gasteiger partial charge < -0.3 is 10.1 Å². The Labute approximate surface area is 121 Å². The molecule has 1 fully saturated rings. The predicted molar refractivity (Wildman–Crippen MR) is 77.7 cm³/mol. The zero-order chi connectivity index (χ0) is 15.0. The molecule has 0 aliphatic heterocycles. The Balaban J connectivity index is 2.13. The molecule has 20 heavy (non-hydrogen) atoms. The Hall–Kier alpha value is -0.850. The molecule has 114 valence electrons. The summed E-state index contributed by atoms with van der Waals surface area (Å²) in [6.45, 7) is 4.28.